The lowest BCUT2D eigenvalue weighted by molar-refractivity contribution is 0.351. The van der Waals surface area contributed by atoms with Crippen LogP contribution in [0.1, 0.15) is 6.92 Å². The van der Waals surface area contributed by atoms with Crippen LogP contribution in [-0.4, -0.2) is 38.1 Å². The summed E-state index contributed by atoms with van der Waals surface area (Å²) in [4.78, 5) is 2.27. The van der Waals surface area contributed by atoms with Crippen LogP contribution in [0.2, 0.25) is 0 Å². The predicted octanol–water partition coefficient (Wildman–Crippen LogP) is 1.44. The smallest absolute Gasteiger partial charge is 0.0266 e. The van der Waals surface area contributed by atoms with Gasteiger partial charge in [-0.3, -0.25) is 0 Å². The van der Waals surface area contributed by atoms with Crippen LogP contribution in [0.15, 0.2) is 11.1 Å². The molecule has 2 nitrogen and oxygen atoms in total. The Bertz CT molecular complexity index is 115. The van der Waals surface area contributed by atoms with Crippen molar-refractivity contribution in [2.75, 3.05) is 33.2 Å². The maximum Gasteiger partial charge on any atom is 0.0266 e. The van der Waals surface area contributed by atoms with E-state index in [0.29, 0.717) is 0 Å². The summed E-state index contributed by atoms with van der Waals surface area (Å²) in [5.41, 5.74) is 0. The molecule has 0 spiro atoms. The molecule has 3 heteroatoms. The lowest BCUT2D eigenvalue weighted by atomic mass is 10.5. The van der Waals surface area contributed by atoms with Gasteiger partial charge in [0.2, 0.25) is 0 Å². The summed E-state index contributed by atoms with van der Waals surface area (Å²) in [7, 11) is 2.12. The molecule has 0 radical (unpaired) electrons. The molecule has 0 aliphatic carbocycles. The van der Waals surface area contributed by atoms with E-state index in [0.717, 1.165) is 30.7 Å². The second-order valence-corrected chi connectivity index (χ2v) is 3.71. The van der Waals surface area contributed by atoms with Crippen molar-refractivity contribution in [2.45, 2.75) is 6.92 Å². The first-order valence-corrected chi connectivity index (χ1v) is 4.68. The quantitative estimate of drug-likeness (QED) is 0.682. The summed E-state index contributed by atoms with van der Waals surface area (Å²) in [6, 6.07) is 0. The minimum absolute atomic E-state index is 0.859. The third-order valence-electron chi connectivity index (χ3n) is 1.53. The molecule has 0 saturated heterocycles. The predicted molar refractivity (Wildman–Crippen MR) is 54.1 cm³/mol. The molecule has 0 saturated carbocycles. The van der Waals surface area contributed by atoms with Gasteiger partial charge in [-0.25, -0.2) is 0 Å². The Balaban J connectivity index is 3.08. The summed E-state index contributed by atoms with van der Waals surface area (Å²) in [5, 5.41) is 3.26. The topological polar surface area (TPSA) is 15.3 Å². The van der Waals surface area contributed by atoms with E-state index in [1.165, 1.54) is 0 Å². The molecule has 0 atom stereocenters. The van der Waals surface area contributed by atoms with Gasteiger partial charge in [0.25, 0.3) is 0 Å². The van der Waals surface area contributed by atoms with Gasteiger partial charge in [0, 0.05) is 24.1 Å². The van der Waals surface area contributed by atoms with Crippen molar-refractivity contribution in [2.24, 2.45) is 0 Å². The number of likely N-dealkylation sites (N-methyl/N-ethyl adjacent to an activating group) is 1. The average Bonchev–Trinajstić information content (AvgIpc) is 1.97. The van der Waals surface area contributed by atoms with Crippen molar-refractivity contribution >= 4 is 15.9 Å². The summed E-state index contributed by atoms with van der Waals surface area (Å²) in [6.45, 7) is 9.97. The monoisotopic (exact) mass is 220 g/mol. The van der Waals surface area contributed by atoms with Crippen LogP contribution >= 0.6 is 15.9 Å². The van der Waals surface area contributed by atoms with Crippen molar-refractivity contribution < 1.29 is 0 Å². The largest absolute Gasteiger partial charge is 0.311 e. The van der Waals surface area contributed by atoms with Crippen molar-refractivity contribution in [1.82, 2.24) is 10.2 Å². The van der Waals surface area contributed by atoms with Crippen LogP contribution in [0, 0.1) is 0 Å². The second kappa shape index (κ2) is 6.83. The average molecular weight is 221 g/mol. The third kappa shape index (κ3) is 8.04. The Labute approximate surface area is 77.8 Å². The second-order valence-electron chi connectivity index (χ2n) is 2.59. The molecular weight excluding hydrogens is 204 g/mol. The number of halogens is 1. The zero-order valence-corrected chi connectivity index (χ0v) is 8.95. The highest BCUT2D eigenvalue weighted by Gasteiger charge is 1.92. The van der Waals surface area contributed by atoms with Gasteiger partial charge in [-0.2, -0.15) is 0 Å². The number of nitrogens with one attached hydrogen (secondary N) is 1. The van der Waals surface area contributed by atoms with E-state index in [4.69, 9.17) is 0 Å². The maximum atomic E-state index is 3.73. The highest BCUT2D eigenvalue weighted by Crippen LogP contribution is 1.95. The summed E-state index contributed by atoms with van der Waals surface area (Å²) in [5.74, 6) is 0. The van der Waals surface area contributed by atoms with E-state index in [-0.39, 0.29) is 0 Å². The molecule has 1 N–H and O–H groups in total. The van der Waals surface area contributed by atoms with Gasteiger partial charge in [-0.15, -0.1) is 0 Å². The van der Waals surface area contributed by atoms with Crippen molar-refractivity contribution in [3.8, 4) is 0 Å². The van der Waals surface area contributed by atoms with Crippen molar-refractivity contribution in [3.63, 3.8) is 0 Å². The molecule has 0 heterocycles. The van der Waals surface area contributed by atoms with Gasteiger partial charge in [0.15, 0.2) is 0 Å². The van der Waals surface area contributed by atoms with Gasteiger partial charge < -0.3 is 10.2 Å². The molecule has 0 aromatic heterocycles. The Hall–Kier alpha value is 0.140. The first-order chi connectivity index (χ1) is 5.16. The molecular formula is C8H17BrN2. The third-order valence-corrected chi connectivity index (χ3v) is 1.81. The molecule has 0 rings (SSSR count). The fourth-order valence-corrected chi connectivity index (χ4v) is 0.850. The zero-order chi connectivity index (χ0) is 8.69. The van der Waals surface area contributed by atoms with Crippen LogP contribution in [-0.2, 0) is 0 Å². The van der Waals surface area contributed by atoms with E-state index in [9.17, 15) is 0 Å². The fourth-order valence-electron chi connectivity index (χ4n) is 0.652. The van der Waals surface area contributed by atoms with E-state index in [1.807, 2.05) is 0 Å². The van der Waals surface area contributed by atoms with Crippen LogP contribution in [0.4, 0.5) is 0 Å². The Kier molecular flexibility index (Phi) is 6.91. The lowest BCUT2D eigenvalue weighted by Crippen LogP contribution is -2.29. The fraction of sp³-hybridized carbons (Fsp3) is 0.750. The van der Waals surface area contributed by atoms with E-state index in [1.54, 1.807) is 0 Å². The van der Waals surface area contributed by atoms with E-state index >= 15 is 0 Å². The number of rotatable bonds is 6. The Morgan fingerprint density at radius 1 is 1.64 bits per heavy atom. The molecule has 0 aliphatic heterocycles. The lowest BCUT2D eigenvalue weighted by Gasteiger charge is -2.13. The molecule has 66 valence electrons. The van der Waals surface area contributed by atoms with Crippen LogP contribution < -0.4 is 5.32 Å². The Morgan fingerprint density at radius 3 is 2.73 bits per heavy atom. The standard InChI is InChI=1S/C8H17BrN2/c1-4-11(3)6-5-10-7-8(2)9/h10H,2,4-7H2,1,3H3. The molecule has 0 fully saturated rings. The molecule has 11 heavy (non-hydrogen) atoms. The molecule has 0 aliphatic rings. The first-order valence-electron chi connectivity index (χ1n) is 3.89. The zero-order valence-electron chi connectivity index (χ0n) is 7.36. The van der Waals surface area contributed by atoms with E-state index < -0.39 is 0 Å². The van der Waals surface area contributed by atoms with Gasteiger partial charge in [0.05, 0.1) is 0 Å². The molecule has 0 aromatic rings. The van der Waals surface area contributed by atoms with Crippen LogP contribution in [0.25, 0.3) is 0 Å². The summed E-state index contributed by atoms with van der Waals surface area (Å²) >= 11 is 3.29. The summed E-state index contributed by atoms with van der Waals surface area (Å²) in [6.07, 6.45) is 0. The molecule has 0 bridgehead atoms. The first kappa shape index (κ1) is 11.1. The van der Waals surface area contributed by atoms with Gasteiger partial charge in [-0.05, 0) is 13.6 Å². The molecule has 0 unspecified atom stereocenters. The number of nitrogens with zero attached hydrogens (tertiary/aromatic N) is 1. The normalized spacial score (nSPS) is 10.5. The molecule has 0 amide bonds. The molecule has 0 aromatic carbocycles. The highest BCUT2D eigenvalue weighted by atomic mass is 79.9. The van der Waals surface area contributed by atoms with Crippen molar-refractivity contribution in [3.05, 3.63) is 11.1 Å². The van der Waals surface area contributed by atoms with Crippen LogP contribution in [0.3, 0.4) is 0 Å². The van der Waals surface area contributed by atoms with Crippen LogP contribution in [0.5, 0.6) is 0 Å². The van der Waals surface area contributed by atoms with E-state index in [2.05, 4.69) is 46.7 Å². The number of hydrogen-bond donors (Lipinski definition) is 1. The van der Waals surface area contributed by atoms with Gasteiger partial charge >= 0.3 is 0 Å². The Morgan fingerprint density at radius 2 is 2.27 bits per heavy atom. The minimum atomic E-state index is 0.859. The van der Waals surface area contributed by atoms with Crippen molar-refractivity contribution in [1.29, 1.82) is 0 Å². The highest BCUT2D eigenvalue weighted by molar-refractivity contribution is 9.11. The minimum Gasteiger partial charge on any atom is -0.311 e. The SMILES string of the molecule is C=C(Br)CNCCN(C)CC. The summed E-state index contributed by atoms with van der Waals surface area (Å²) < 4.78 is 1.01. The van der Waals surface area contributed by atoms with Gasteiger partial charge in [-0.1, -0.05) is 29.4 Å². The maximum absolute atomic E-state index is 3.73. The van der Waals surface area contributed by atoms with Gasteiger partial charge in [0.1, 0.15) is 0 Å². The number of hydrogen-bond acceptors (Lipinski definition) is 2.